The second kappa shape index (κ2) is 17.8. The zero-order valence-electron chi connectivity index (χ0n) is 38.1. The van der Waals surface area contributed by atoms with Crippen LogP contribution in [0.25, 0.3) is 112 Å². The summed E-state index contributed by atoms with van der Waals surface area (Å²) in [5.41, 5.74) is 23.2. The lowest BCUT2D eigenvalue weighted by atomic mass is 9.99. The van der Waals surface area contributed by atoms with Crippen LogP contribution in [0.15, 0.2) is 194 Å². The van der Waals surface area contributed by atoms with Gasteiger partial charge in [0.25, 0.3) is 0 Å². The maximum absolute atomic E-state index is 5.09. The lowest BCUT2D eigenvalue weighted by Crippen LogP contribution is -1.97. The molecule has 4 aromatic heterocycles. The van der Waals surface area contributed by atoms with Gasteiger partial charge >= 0.3 is 0 Å². The summed E-state index contributed by atoms with van der Waals surface area (Å²) >= 11 is 0. The Labute approximate surface area is 394 Å². The molecule has 0 unspecified atom stereocenters. The predicted molar refractivity (Wildman–Crippen MR) is 277 cm³/mol. The molecule has 8 nitrogen and oxygen atoms in total. The molecule has 0 saturated carbocycles. The molecule has 0 aliphatic rings. The first-order chi connectivity index (χ1) is 33.3. The SMILES string of the molecule is Cc1ccc2nc(-c3ccc(-c4cnc5cc(C)ccc5n4)cc3)cnc2c1.Cc1ccc2nc(-c3ccc(-c4nc5ccc(C)cc5nc4-c4ccccc4)cc3)c(-c3ccccc3)nc2c1. The van der Waals surface area contributed by atoms with Gasteiger partial charge in [0.1, 0.15) is 0 Å². The number of benzene rings is 8. The van der Waals surface area contributed by atoms with Crippen LogP contribution in [0.2, 0.25) is 0 Å². The molecule has 0 fully saturated rings. The summed E-state index contributed by atoms with van der Waals surface area (Å²) in [6.45, 7) is 8.28. The van der Waals surface area contributed by atoms with Crippen molar-refractivity contribution in [1.82, 2.24) is 39.9 Å². The van der Waals surface area contributed by atoms with E-state index in [1.54, 1.807) is 0 Å². The third-order valence-electron chi connectivity index (χ3n) is 12.0. The Bertz CT molecular complexity index is 3570. The zero-order valence-corrected chi connectivity index (χ0v) is 38.1. The fraction of sp³-hybridized carbons (Fsp3) is 0.0667. The van der Waals surface area contributed by atoms with E-state index in [2.05, 4.69) is 159 Å². The van der Waals surface area contributed by atoms with Gasteiger partial charge in [0.2, 0.25) is 0 Å². The van der Waals surface area contributed by atoms with Crippen LogP contribution in [0.4, 0.5) is 0 Å². The Kier molecular flexibility index (Phi) is 11.0. The van der Waals surface area contributed by atoms with Crippen LogP contribution in [0.5, 0.6) is 0 Å². The number of nitrogens with zero attached hydrogens (tertiary/aromatic N) is 8. The molecule has 8 aromatic carbocycles. The van der Waals surface area contributed by atoms with E-state index in [-0.39, 0.29) is 0 Å². The topological polar surface area (TPSA) is 103 Å². The molecular formula is C60H44N8. The number of hydrogen-bond acceptors (Lipinski definition) is 8. The van der Waals surface area contributed by atoms with Crippen LogP contribution < -0.4 is 0 Å². The predicted octanol–water partition coefficient (Wildman–Crippen LogP) is 14.4. The van der Waals surface area contributed by atoms with Crippen molar-refractivity contribution in [2.24, 2.45) is 0 Å². The number of hydrogen-bond donors (Lipinski definition) is 0. The van der Waals surface area contributed by atoms with Crippen molar-refractivity contribution in [3.05, 3.63) is 217 Å². The molecule has 0 atom stereocenters. The molecule has 0 aliphatic carbocycles. The highest BCUT2D eigenvalue weighted by molar-refractivity contribution is 5.90. The van der Waals surface area contributed by atoms with Crippen LogP contribution in [0.3, 0.4) is 0 Å². The fourth-order valence-electron chi connectivity index (χ4n) is 8.44. The summed E-state index contributed by atoms with van der Waals surface area (Å²) in [6, 6.07) is 61.9. The molecule has 0 amide bonds. The molecule has 0 aliphatic heterocycles. The number of aryl methyl sites for hydroxylation is 4. The van der Waals surface area contributed by atoms with Gasteiger partial charge in [0, 0.05) is 33.4 Å². The average Bonchev–Trinajstić information content (AvgIpc) is 3.38. The molecule has 0 saturated heterocycles. The molecule has 12 rings (SSSR count). The second-order valence-corrected chi connectivity index (χ2v) is 17.2. The maximum atomic E-state index is 5.09. The minimum atomic E-state index is 0.859. The summed E-state index contributed by atoms with van der Waals surface area (Å²) < 4.78 is 0. The van der Waals surface area contributed by atoms with E-state index in [0.29, 0.717) is 0 Å². The molecule has 4 heterocycles. The van der Waals surface area contributed by atoms with Crippen molar-refractivity contribution in [1.29, 1.82) is 0 Å². The first-order valence-electron chi connectivity index (χ1n) is 22.6. The van der Waals surface area contributed by atoms with E-state index in [0.717, 1.165) is 112 Å². The van der Waals surface area contributed by atoms with Crippen molar-refractivity contribution in [2.75, 3.05) is 0 Å². The van der Waals surface area contributed by atoms with Crippen LogP contribution >= 0.6 is 0 Å². The smallest absolute Gasteiger partial charge is 0.0973 e. The van der Waals surface area contributed by atoms with Crippen LogP contribution in [-0.2, 0) is 0 Å². The molecule has 0 spiro atoms. The summed E-state index contributed by atoms with van der Waals surface area (Å²) in [7, 11) is 0. The molecule has 324 valence electrons. The standard InChI is InChI=1S/C36H26N4.C24H18N4/c1-23-13-19-29-31(21-23)39-33(25-9-5-3-6-10-25)35(37-29)27-15-17-28(18-16-27)36-34(26-11-7-4-8-12-26)40-32-22-24(2)14-20-30(32)38-36;1-15-3-9-19-21(11-15)25-13-23(27-19)17-5-7-18(8-6-17)24-14-26-22-12-16(2)4-10-20(22)28-24/h3-22H,1-2H3;3-14H,1-2H3. The first-order valence-corrected chi connectivity index (χ1v) is 22.6. The van der Waals surface area contributed by atoms with Crippen molar-refractivity contribution in [3.8, 4) is 67.5 Å². The van der Waals surface area contributed by atoms with Gasteiger partial charge in [-0.25, -0.2) is 29.9 Å². The monoisotopic (exact) mass is 876 g/mol. The number of fused-ring (bicyclic) bond motifs is 4. The van der Waals surface area contributed by atoms with Crippen molar-refractivity contribution in [3.63, 3.8) is 0 Å². The molecule has 8 heteroatoms. The number of rotatable bonds is 6. The van der Waals surface area contributed by atoms with E-state index < -0.39 is 0 Å². The van der Waals surface area contributed by atoms with Crippen molar-refractivity contribution < 1.29 is 0 Å². The van der Waals surface area contributed by atoms with E-state index in [1.807, 2.05) is 73.1 Å². The van der Waals surface area contributed by atoms with Crippen LogP contribution in [0.1, 0.15) is 22.3 Å². The van der Waals surface area contributed by atoms with E-state index in [4.69, 9.17) is 29.9 Å². The summed E-state index contributed by atoms with van der Waals surface area (Å²) in [4.78, 5) is 38.9. The lowest BCUT2D eigenvalue weighted by Gasteiger charge is -2.13. The highest BCUT2D eigenvalue weighted by Gasteiger charge is 2.17. The fourth-order valence-corrected chi connectivity index (χ4v) is 8.44. The van der Waals surface area contributed by atoms with Gasteiger partial charge in [-0.2, -0.15) is 0 Å². The number of aromatic nitrogens is 8. The van der Waals surface area contributed by atoms with Crippen molar-refractivity contribution >= 4 is 44.1 Å². The highest BCUT2D eigenvalue weighted by Crippen LogP contribution is 2.35. The quantitative estimate of drug-likeness (QED) is 0.163. The molecule has 12 aromatic rings. The average molecular weight is 877 g/mol. The molecule has 68 heavy (non-hydrogen) atoms. The Hall–Kier alpha value is -8.88. The van der Waals surface area contributed by atoms with Gasteiger partial charge in [0.05, 0.1) is 90.7 Å². The normalized spacial score (nSPS) is 11.2. The maximum Gasteiger partial charge on any atom is 0.0973 e. The minimum Gasteiger partial charge on any atom is -0.252 e. The van der Waals surface area contributed by atoms with Crippen LogP contribution in [-0.4, -0.2) is 39.9 Å². The van der Waals surface area contributed by atoms with Gasteiger partial charge in [-0.1, -0.05) is 133 Å². The molecule has 0 bridgehead atoms. The molecule has 0 N–H and O–H groups in total. The summed E-state index contributed by atoms with van der Waals surface area (Å²) in [5, 5.41) is 0. The van der Waals surface area contributed by atoms with Gasteiger partial charge in [-0.3, -0.25) is 9.97 Å². The lowest BCUT2D eigenvalue weighted by molar-refractivity contribution is 1.27. The largest absolute Gasteiger partial charge is 0.252 e. The first kappa shape index (κ1) is 41.8. The van der Waals surface area contributed by atoms with Crippen LogP contribution in [0, 0.1) is 27.7 Å². The van der Waals surface area contributed by atoms with Gasteiger partial charge < -0.3 is 0 Å². The summed E-state index contributed by atoms with van der Waals surface area (Å²) in [5.74, 6) is 0. The van der Waals surface area contributed by atoms with Gasteiger partial charge in [-0.05, 0) is 98.5 Å². The summed E-state index contributed by atoms with van der Waals surface area (Å²) in [6.07, 6.45) is 3.66. The Morgan fingerprint density at radius 3 is 0.868 bits per heavy atom. The van der Waals surface area contributed by atoms with E-state index in [9.17, 15) is 0 Å². The Balaban J connectivity index is 0.000000159. The van der Waals surface area contributed by atoms with Gasteiger partial charge in [-0.15, -0.1) is 0 Å². The molecular weight excluding hydrogens is 833 g/mol. The highest BCUT2D eigenvalue weighted by atomic mass is 14.8. The molecule has 0 radical (unpaired) electrons. The van der Waals surface area contributed by atoms with E-state index in [1.165, 1.54) is 22.3 Å². The van der Waals surface area contributed by atoms with E-state index >= 15 is 0 Å². The Morgan fingerprint density at radius 1 is 0.235 bits per heavy atom. The van der Waals surface area contributed by atoms with Gasteiger partial charge in [0.15, 0.2) is 0 Å². The second-order valence-electron chi connectivity index (χ2n) is 17.2. The third-order valence-corrected chi connectivity index (χ3v) is 12.0. The van der Waals surface area contributed by atoms with Crippen molar-refractivity contribution in [2.45, 2.75) is 27.7 Å². The minimum absolute atomic E-state index is 0.859. The third kappa shape index (κ3) is 8.54. The zero-order chi connectivity index (χ0) is 46.1. The Morgan fingerprint density at radius 2 is 0.515 bits per heavy atom.